The zero-order valence-electron chi connectivity index (χ0n) is 20.9. The lowest BCUT2D eigenvalue weighted by Gasteiger charge is -2.29. The van der Waals surface area contributed by atoms with Gasteiger partial charge in [-0.3, -0.25) is 19.7 Å². The van der Waals surface area contributed by atoms with E-state index in [2.05, 4.69) is 10.6 Å². The van der Waals surface area contributed by atoms with E-state index in [0.29, 0.717) is 29.0 Å². The summed E-state index contributed by atoms with van der Waals surface area (Å²) in [7, 11) is 0. The van der Waals surface area contributed by atoms with Crippen molar-refractivity contribution in [3.05, 3.63) is 64.2 Å². The molecule has 4 N–H and O–H groups in total. The van der Waals surface area contributed by atoms with Crippen LogP contribution in [-0.4, -0.2) is 60.6 Å². The Kier molecular flexibility index (Phi) is 7.57. The van der Waals surface area contributed by atoms with E-state index < -0.39 is 18.0 Å². The molecule has 200 valence electrons. The number of hydrogen-bond acceptors (Lipinski definition) is 8. The molecule has 3 aliphatic rings. The van der Waals surface area contributed by atoms with Crippen LogP contribution in [0.1, 0.15) is 45.5 Å². The van der Waals surface area contributed by atoms with E-state index in [1.54, 1.807) is 12.1 Å². The average molecular weight is 523 g/mol. The molecule has 11 nitrogen and oxygen atoms in total. The van der Waals surface area contributed by atoms with E-state index in [1.807, 2.05) is 24.3 Å². The summed E-state index contributed by atoms with van der Waals surface area (Å²) in [6.07, 6.45) is 0.456. The number of carbonyl (C=O) groups excluding carboxylic acids is 4. The van der Waals surface area contributed by atoms with Gasteiger partial charge in [0.05, 0.1) is 19.3 Å². The smallest absolute Gasteiger partial charge is 0.404 e. The minimum Gasteiger partial charge on any atom is -0.488 e. The van der Waals surface area contributed by atoms with Crippen LogP contribution in [0.5, 0.6) is 5.75 Å². The Labute approximate surface area is 219 Å². The molecule has 2 atom stereocenters. The first-order chi connectivity index (χ1) is 18.4. The molecule has 11 heteroatoms. The highest BCUT2D eigenvalue weighted by molar-refractivity contribution is 6.05. The Morgan fingerprint density at radius 1 is 1.08 bits per heavy atom. The molecule has 0 spiro atoms. The third-order valence-corrected chi connectivity index (χ3v) is 6.99. The monoisotopic (exact) mass is 522 g/mol. The van der Waals surface area contributed by atoms with E-state index in [9.17, 15) is 19.2 Å². The van der Waals surface area contributed by atoms with Gasteiger partial charge in [-0.2, -0.15) is 0 Å². The van der Waals surface area contributed by atoms with Crippen molar-refractivity contribution in [2.45, 2.75) is 51.2 Å². The molecule has 2 saturated heterocycles. The second-order valence-corrected chi connectivity index (χ2v) is 9.59. The van der Waals surface area contributed by atoms with Gasteiger partial charge in [0.25, 0.3) is 5.91 Å². The fourth-order valence-corrected chi connectivity index (χ4v) is 5.04. The molecule has 2 aromatic carbocycles. The van der Waals surface area contributed by atoms with Gasteiger partial charge in [-0.1, -0.05) is 30.3 Å². The molecule has 0 aliphatic carbocycles. The zero-order chi connectivity index (χ0) is 26.6. The van der Waals surface area contributed by atoms with Crippen molar-refractivity contribution in [3.8, 4) is 5.75 Å². The summed E-state index contributed by atoms with van der Waals surface area (Å²) >= 11 is 0. The molecule has 0 saturated carbocycles. The highest BCUT2D eigenvalue weighted by Gasteiger charge is 2.40. The van der Waals surface area contributed by atoms with Crippen molar-refractivity contribution in [1.29, 1.82) is 0 Å². The Morgan fingerprint density at radius 2 is 1.87 bits per heavy atom. The molecule has 2 aromatic rings. The molecule has 38 heavy (non-hydrogen) atoms. The second kappa shape index (κ2) is 11.2. The van der Waals surface area contributed by atoms with Crippen LogP contribution in [0.25, 0.3) is 0 Å². The molecule has 3 aliphatic heterocycles. The summed E-state index contributed by atoms with van der Waals surface area (Å²) in [5.74, 6) is -0.737. The maximum Gasteiger partial charge on any atom is 0.404 e. The van der Waals surface area contributed by atoms with E-state index in [0.717, 1.165) is 30.6 Å². The molecule has 5 rings (SSSR count). The number of benzene rings is 2. The van der Waals surface area contributed by atoms with E-state index >= 15 is 0 Å². The minimum atomic E-state index is -0.926. The van der Waals surface area contributed by atoms with Gasteiger partial charge < -0.3 is 30.2 Å². The molecule has 2 fully saturated rings. The SMILES string of the molecule is NC(=O)OCc1ccc2c(c1OCc1ccc(C[C@H]3CNCCO3)cc1)CN(C1CCC(=O)NC1=O)C2=O. The van der Waals surface area contributed by atoms with Gasteiger partial charge in [0.1, 0.15) is 25.0 Å². The first kappa shape index (κ1) is 25.7. The predicted molar refractivity (Wildman–Crippen MR) is 134 cm³/mol. The maximum absolute atomic E-state index is 13.2. The van der Waals surface area contributed by atoms with Crippen LogP contribution in [0.2, 0.25) is 0 Å². The van der Waals surface area contributed by atoms with Gasteiger partial charge in [0.2, 0.25) is 11.8 Å². The summed E-state index contributed by atoms with van der Waals surface area (Å²) in [6.45, 7) is 2.64. The van der Waals surface area contributed by atoms with Gasteiger partial charge in [-0.15, -0.1) is 0 Å². The number of nitrogens with zero attached hydrogens (tertiary/aromatic N) is 1. The molecular formula is C27H30N4O7. The number of fused-ring (bicyclic) bond motifs is 1. The largest absolute Gasteiger partial charge is 0.488 e. The topological polar surface area (TPSA) is 149 Å². The summed E-state index contributed by atoms with van der Waals surface area (Å²) in [5.41, 5.74) is 8.81. The molecule has 3 heterocycles. The Balaban J connectivity index is 1.33. The van der Waals surface area contributed by atoms with Crippen LogP contribution in [0.4, 0.5) is 4.79 Å². The summed E-state index contributed by atoms with van der Waals surface area (Å²) in [4.78, 5) is 49.9. The number of piperidine rings is 1. The summed E-state index contributed by atoms with van der Waals surface area (Å²) in [6, 6.07) is 10.6. The molecule has 1 unspecified atom stereocenters. The number of hydrogen-bond donors (Lipinski definition) is 3. The number of amides is 4. The summed E-state index contributed by atoms with van der Waals surface area (Å²) in [5, 5.41) is 5.63. The van der Waals surface area contributed by atoms with Gasteiger partial charge in [-0.25, -0.2) is 4.79 Å². The number of morpholine rings is 1. The third kappa shape index (κ3) is 5.63. The Morgan fingerprint density at radius 3 is 2.58 bits per heavy atom. The molecule has 4 amide bonds. The fraction of sp³-hybridized carbons (Fsp3) is 0.407. The average Bonchev–Trinajstić information content (AvgIpc) is 3.24. The van der Waals surface area contributed by atoms with Crippen LogP contribution < -0.4 is 21.1 Å². The number of nitrogens with one attached hydrogen (secondary N) is 2. The number of carbonyl (C=O) groups is 4. The fourth-order valence-electron chi connectivity index (χ4n) is 5.04. The standard InChI is InChI=1S/C27H30N4O7/c28-27(35)38-15-18-5-6-20-21(13-31(26(20)34)22-7-8-23(32)30-25(22)33)24(18)37-14-17-3-1-16(2-4-17)11-19-12-29-9-10-36-19/h1-6,19,22,29H,7-15H2,(H2,28,35)(H,30,32,33)/t19-,22?/m0/s1. The third-order valence-electron chi connectivity index (χ3n) is 6.99. The van der Waals surface area contributed by atoms with Crippen LogP contribution in [0.3, 0.4) is 0 Å². The Bertz CT molecular complexity index is 1240. The van der Waals surface area contributed by atoms with Crippen molar-refractivity contribution in [2.75, 3.05) is 19.7 Å². The minimum absolute atomic E-state index is 0.126. The maximum atomic E-state index is 13.2. The van der Waals surface area contributed by atoms with Crippen LogP contribution >= 0.6 is 0 Å². The quantitative estimate of drug-likeness (QED) is 0.437. The van der Waals surface area contributed by atoms with E-state index in [-0.39, 0.29) is 50.5 Å². The normalized spacial score (nSPS) is 21.2. The zero-order valence-corrected chi connectivity index (χ0v) is 20.9. The predicted octanol–water partition coefficient (Wildman–Crippen LogP) is 1.15. The highest BCUT2D eigenvalue weighted by atomic mass is 16.5. The van der Waals surface area contributed by atoms with Crippen LogP contribution in [0, 0.1) is 0 Å². The molecule has 0 radical (unpaired) electrons. The first-order valence-electron chi connectivity index (χ1n) is 12.6. The Hall–Kier alpha value is -3.96. The lowest BCUT2D eigenvalue weighted by atomic mass is 10.0. The van der Waals surface area contributed by atoms with Gasteiger partial charge in [-0.05, 0) is 30.0 Å². The van der Waals surface area contributed by atoms with Gasteiger partial charge >= 0.3 is 6.09 Å². The number of rotatable bonds is 8. The summed E-state index contributed by atoms with van der Waals surface area (Å²) < 4.78 is 17.0. The molecule has 0 bridgehead atoms. The van der Waals surface area contributed by atoms with Crippen LogP contribution in [0.15, 0.2) is 36.4 Å². The number of imide groups is 1. The number of ether oxygens (including phenoxy) is 3. The van der Waals surface area contributed by atoms with Crippen LogP contribution in [-0.2, 0) is 45.2 Å². The lowest BCUT2D eigenvalue weighted by Crippen LogP contribution is -2.52. The van der Waals surface area contributed by atoms with Crippen molar-refractivity contribution in [2.24, 2.45) is 5.73 Å². The van der Waals surface area contributed by atoms with Gasteiger partial charge in [0.15, 0.2) is 0 Å². The number of primary amides is 1. The molecule has 0 aromatic heterocycles. The van der Waals surface area contributed by atoms with E-state index in [1.165, 1.54) is 4.90 Å². The number of nitrogens with two attached hydrogens (primary N) is 1. The highest BCUT2D eigenvalue weighted by Crippen LogP contribution is 2.37. The van der Waals surface area contributed by atoms with Crippen molar-refractivity contribution >= 4 is 23.8 Å². The van der Waals surface area contributed by atoms with Crippen molar-refractivity contribution in [3.63, 3.8) is 0 Å². The second-order valence-electron chi connectivity index (χ2n) is 9.59. The van der Waals surface area contributed by atoms with Crippen molar-refractivity contribution in [1.82, 2.24) is 15.5 Å². The van der Waals surface area contributed by atoms with E-state index in [4.69, 9.17) is 19.9 Å². The van der Waals surface area contributed by atoms with Gasteiger partial charge in [0, 0.05) is 36.2 Å². The lowest BCUT2D eigenvalue weighted by molar-refractivity contribution is -0.136. The molecular weight excluding hydrogens is 492 g/mol. The first-order valence-corrected chi connectivity index (χ1v) is 12.6. The van der Waals surface area contributed by atoms with Crippen molar-refractivity contribution < 1.29 is 33.4 Å².